The average Bonchev–Trinajstić information content (AvgIpc) is 3.32. The Morgan fingerprint density at radius 2 is 0.733 bits per heavy atom. The second-order valence-electron chi connectivity index (χ2n) is 11.9. The molecule has 1 heterocycles. The molecule has 0 bridgehead atoms. The summed E-state index contributed by atoms with van der Waals surface area (Å²) < 4.78 is 155. The standard InChI is InChI=1S/C32H26BF10NP/c1-13-9-15(3)31(16(4)10-13)45(32-17(5)11-14(2)12-18(32)6)8-7-33(44-45,19-21(34)25(38)29(42)26(39)22(19)35)20-23(36)27(40)30(43)28(41)24(20)37/h9-12H,7-8H2,1-6H3/q-1. The van der Waals surface area contributed by atoms with E-state index in [9.17, 15) is 26.3 Å². The summed E-state index contributed by atoms with van der Waals surface area (Å²) in [6, 6.07) is 7.12. The first-order chi connectivity index (χ1) is 20.9. The maximum absolute atomic E-state index is 15.7. The van der Waals surface area contributed by atoms with E-state index in [1.165, 1.54) is 0 Å². The minimum absolute atomic E-state index is 0.235. The van der Waals surface area contributed by atoms with Gasteiger partial charge in [0.25, 0.3) is 0 Å². The largest absolute Gasteiger partial charge is 0.494 e. The van der Waals surface area contributed by atoms with E-state index < -0.39 is 88.8 Å². The van der Waals surface area contributed by atoms with Crippen LogP contribution in [0.15, 0.2) is 28.9 Å². The Morgan fingerprint density at radius 1 is 0.467 bits per heavy atom. The highest BCUT2D eigenvalue weighted by Gasteiger charge is 2.49. The number of rotatable bonds is 4. The first-order valence-corrected chi connectivity index (χ1v) is 15.8. The molecule has 5 rings (SSSR count). The molecule has 238 valence electrons. The molecule has 0 spiro atoms. The van der Waals surface area contributed by atoms with Gasteiger partial charge in [-0.15, -0.1) is 17.2 Å². The van der Waals surface area contributed by atoms with E-state index in [-0.39, 0.29) is 6.16 Å². The van der Waals surface area contributed by atoms with Gasteiger partial charge >= 0.3 is 0 Å². The lowest BCUT2D eigenvalue weighted by molar-refractivity contribution is 0.381. The lowest BCUT2D eigenvalue weighted by Crippen LogP contribution is -2.62. The Morgan fingerprint density at radius 3 is 1.02 bits per heavy atom. The molecule has 0 saturated carbocycles. The molecule has 0 aliphatic carbocycles. The normalized spacial score (nSPS) is 15.5. The molecule has 0 fully saturated rings. The summed E-state index contributed by atoms with van der Waals surface area (Å²) in [5.41, 5.74) is 0.633. The van der Waals surface area contributed by atoms with E-state index >= 15 is 17.6 Å². The van der Waals surface area contributed by atoms with Gasteiger partial charge in [-0.1, -0.05) is 35.4 Å². The van der Waals surface area contributed by atoms with Gasteiger partial charge in [0, 0.05) is 0 Å². The second kappa shape index (κ2) is 11.1. The van der Waals surface area contributed by atoms with Crippen LogP contribution in [0.25, 0.3) is 0 Å². The third-order valence-corrected chi connectivity index (χ3v) is 13.3. The van der Waals surface area contributed by atoms with Crippen molar-refractivity contribution in [3.63, 3.8) is 0 Å². The van der Waals surface area contributed by atoms with Crippen molar-refractivity contribution in [3.8, 4) is 0 Å². The van der Waals surface area contributed by atoms with Gasteiger partial charge in [-0.05, 0) is 87.6 Å². The molecule has 13 heteroatoms. The maximum Gasteiger partial charge on any atom is 0.200 e. The fraction of sp³-hybridized carbons (Fsp3) is 0.250. The van der Waals surface area contributed by atoms with E-state index in [0.717, 1.165) is 11.1 Å². The predicted molar refractivity (Wildman–Crippen MR) is 157 cm³/mol. The van der Waals surface area contributed by atoms with Gasteiger partial charge < -0.3 is 4.66 Å². The molecule has 1 aliphatic rings. The third-order valence-electron chi connectivity index (χ3n) is 8.72. The van der Waals surface area contributed by atoms with Crippen LogP contribution in [0.2, 0.25) is 6.32 Å². The van der Waals surface area contributed by atoms with E-state index in [0.29, 0.717) is 32.9 Å². The van der Waals surface area contributed by atoms with E-state index in [4.69, 9.17) is 4.66 Å². The first-order valence-electron chi connectivity index (χ1n) is 13.9. The van der Waals surface area contributed by atoms with Crippen LogP contribution >= 0.6 is 7.05 Å². The van der Waals surface area contributed by atoms with Crippen LogP contribution in [0.4, 0.5) is 43.9 Å². The minimum Gasteiger partial charge on any atom is -0.494 e. The molecule has 0 radical (unpaired) electrons. The third kappa shape index (κ3) is 4.65. The molecule has 0 unspecified atom stereocenters. The number of halogens is 10. The molecule has 4 aromatic rings. The minimum atomic E-state index is -4.24. The molecular weight excluding hydrogens is 630 g/mol. The summed E-state index contributed by atoms with van der Waals surface area (Å²) in [5.74, 6) is -24.7. The van der Waals surface area contributed by atoms with Crippen molar-refractivity contribution in [1.29, 1.82) is 0 Å². The summed E-state index contributed by atoms with van der Waals surface area (Å²) in [5, 5.41) is 1.03. The van der Waals surface area contributed by atoms with Gasteiger partial charge in [0.2, 0.25) is 0 Å². The summed E-state index contributed by atoms with van der Waals surface area (Å²) in [6.07, 6.45) is -5.26. The Balaban J connectivity index is 2.14. The van der Waals surface area contributed by atoms with Gasteiger partial charge in [-0.2, -0.15) is 0 Å². The summed E-state index contributed by atoms with van der Waals surface area (Å²) in [4.78, 5) is 0. The zero-order valence-electron chi connectivity index (χ0n) is 25.0. The summed E-state index contributed by atoms with van der Waals surface area (Å²) in [6.45, 7) is 10.5. The fourth-order valence-electron chi connectivity index (χ4n) is 7.42. The number of hydrogen-bond donors (Lipinski definition) is 0. The highest BCUT2D eigenvalue weighted by molar-refractivity contribution is 7.83. The lowest BCUT2D eigenvalue weighted by atomic mass is 9.26. The average molecular weight is 656 g/mol. The van der Waals surface area contributed by atoms with Gasteiger partial charge in [-0.25, -0.2) is 43.9 Å². The SMILES string of the molecule is Cc1cc(C)c(P2(c3c(C)cc(C)cc3C)=N[B-](c3c(F)c(F)c(F)c(F)c3F)(c3c(F)c(F)c(F)c(F)c3F)CC2)c(C)c1. The van der Waals surface area contributed by atoms with Crippen LogP contribution in [0.5, 0.6) is 0 Å². The van der Waals surface area contributed by atoms with Crippen molar-refractivity contribution in [1.82, 2.24) is 0 Å². The van der Waals surface area contributed by atoms with Crippen molar-refractivity contribution in [3.05, 3.63) is 116 Å². The molecule has 4 aromatic carbocycles. The Kier molecular flexibility index (Phi) is 8.08. The Bertz CT molecular complexity index is 1770. The number of aryl methyl sites for hydroxylation is 6. The van der Waals surface area contributed by atoms with Crippen LogP contribution in [-0.2, 0) is 0 Å². The molecular formula is C32H26BF10NP-. The van der Waals surface area contributed by atoms with Crippen molar-refractivity contribution in [2.24, 2.45) is 4.66 Å². The molecule has 0 aromatic heterocycles. The molecule has 0 amide bonds. The van der Waals surface area contributed by atoms with Gasteiger partial charge in [0.1, 0.15) is 23.3 Å². The van der Waals surface area contributed by atoms with E-state index in [2.05, 4.69) is 0 Å². The van der Waals surface area contributed by atoms with Crippen molar-refractivity contribution in [2.45, 2.75) is 47.9 Å². The first kappa shape index (κ1) is 32.9. The highest BCUT2D eigenvalue weighted by Crippen LogP contribution is 2.58. The predicted octanol–water partition coefficient (Wildman–Crippen LogP) is 7.85. The van der Waals surface area contributed by atoms with E-state index in [1.807, 2.05) is 0 Å². The molecule has 1 aliphatic heterocycles. The van der Waals surface area contributed by atoms with Crippen LogP contribution in [0.3, 0.4) is 0 Å². The van der Waals surface area contributed by atoms with Crippen molar-refractivity contribution < 1.29 is 43.9 Å². The maximum atomic E-state index is 15.7. The summed E-state index contributed by atoms with van der Waals surface area (Å²) >= 11 is 0. The van der Waals surface area contributed by atoms with Gasteiger partial charge in [0.05, 0.1) is 0 Å². The molecule has 0 atom stereocenters. The van der Waals surface area contributed by atoms with E-state index in [1.54, 1.807) is 65.8 Å². The van der Waals surface area contributed by atoms with Crippen molar-refractivity contribution >= 4 is 34.9 Å². The lowest BCUT2D eigenvalue weighted by Gasteiger charge is -2.38. The zero-order valence-corrected chi connectivity index (χ0v) is 25.9. The Labute approximate surface area is 253 Å². The number of nitrogens with zero attached hydrogens (tertiary/aromatic N) is 1. The number of hydrogen-bond acceptors (Lipinski definition) is 1. The van der Waals surface area contributed by atoms with Crippen LogP contribution in [0, 0.1) is 99.7 Å². The van der Waals surface area contributed by atoms with Crippen LogP contribution in [0.1, 0.15) is 33.4 Å². The second-order valence-corrected chi connectivity index (χ2v) is 15.0. The molecule has 0 saturated heterocycles. The van der Waals surface area contributed by atoms with Gasteiger partial charge in [-0.3, -0.25) is 0 Å². The highest BCUT2D eigenvalue weighted by atomic mass is 31.2. The summed E-state index contributed by atoms with van der Waals surface area (Å²) in [7, 11) is -3.55. The number of benzene rings is 4. The van der Waals surface area contributed by atoms with Crippen molar-refractivity contribution in [2.75, 3.05) is 6.16 Å². The fourth-order valence-corrected chi connectivity index (χ4v) is 12.8. The van der Waals surface area contributed by atoms with Crippen LogP contribution in [-0.4, -0.2) is 12.4 Å². The zero-order chi connectivity index (χ0) is 33.5. The van der Waals surface area contributed by atoms with Crippen LogP contribution < -0.4 is 21.5 Å². The molecule has 45 heavy (non-hydrogen) atoms. The quantitative estimate of drug-likeness (QED) is 0.0698. The Hall–Kier alpha value is -3.53. The monoisotopic (exact) mass is 656 g/mol. The molecule has 1 nitrogen and oxygen atoms in total. The van der Waals surface area contributed by atoms with Gasteiger partial charge in [0.15, 0.2) is 41.2 Å². The topological polar surface area (TPSA) is 12.4 Å². The smallest absolute Gasteiger partial charge is 0.200 e. The molecule has 0 N–H and O–H groups in total.